The Labute approximate surface area is 131 Å². The van der Waals surface area contributed by atoms with E-state index in [1.165, 1.54) is 10.6 Å². The number of amides is 2. The van der Waals surface area contributed by atoms with Gasteiger partial charge in [0.05, 0.1) is 12.3 Å². The van der Waals surface area contributed by atoms with Gasteiger partial charge in [0.2, 0.25) is 10.0 Å². The molecule has 0 bridgehead atoms. The van der Waals surface area contributed by atoms with Crippen molar-refractivity contribution in [2.75, 3.05) is 19.3 Å². The van der Waals surface area contributed by atoms with E-state index in [4.69, 9.17) is 4.42 Å². The molecule has 1 saturated heterocycles. The predicted molar refractivity (Wildman–Crippen MR) is 83.0 cm³/mol. The van der Waals surface area contributed by atoms with Gasteiger partial charge in [-0.3, -0.25) is 0 Å². The van der Waals surface area contributed by atoms with Gasteiger partial charge < -0.3 is 15.1 Å². The molecule has 8 heteroatoms. The number of nitrogens with one attached hydrogen (secondary N) is 2. The highest BCUT2D eigenvalue weighted by atomic mass is 32.2. The Morgan fingerprint density at radius 2 is 2.00 bits per heavy atom. The van der Waals surface area contributed by atoms with Crippen LogP contribution in [0.1, 0.15) is 37.3 Å². The Bertz CT molecular complexity index is 618. The Kier molecular flexibility index (Phi) is 5.12. The molecule has 124 valence electrons. The van der Waals surface area contributed by atoms with Gasteiger partial charge in [0.15, 0.2) is 0 Å². The maximum Gasteiger partial charge on any atom is 0.315 e. The van der Waals surface area contributed by atoms with Crippen LogP contribution in [-0.2, 0) is 10.0 Å². The van der Waals surface area contributed by atoms with Gasteiger partial charge >= 0.3 is 6.03 Å². The molecule has 1 atom stereocenters. The van der Waals surface area contributed by atoms with Crippen molar-refractivity contribution in [3.05, 3.63) is 23.7 Å². The van der Waals surface area contributed by atoms with E-state index in [1.807, 2.05) is 26.0 Å². The van der Waals surface area contributed by atoms with E-state index in [9.17, 15) is 13.2 Å². The van der Waals surface area contributed by atoms with E-state index in [0.29, 0.717) is 31.7 Å². The molecule has 1 aliphatic heterocycles. The summed E-state index contributed by atoms with van der Waals surface area (Å²) in [4.78, 5) is 12.0. The van der Waals surface area contributed by atoms with E-state index < -0.39 is 10.0 Å². The van der Waals surface area contributed by atoms with Gasteiger partial charge in [0.1, 0.15) is 11.5 Å². The molecule has 2 heterocycles. The molecule has 1 aliphatic rings. The molecule has 0 aliphatic carbocycles. The Hall–Kier alpha value is -1.54. The van der Waals surface area contributed by atoms with Crippen LogP contribution in [-0.4, -0.2) is 44.1 Å². The Morgan fingerprint density at radius 1 is 1.36 bits per heavy atom. The number of piperidine rings is 1. The van der Waals surface area contributed by atoms with Gasteiger partial charge in [-0.05, 0) is 38.8 Å². The lowest BCUT2D eigenvalue weighted by Crippen LogP contribution is -2.49. The van der Waals surface area contributed by atoms with Gasteiger partial charge in [-0.2, -0.15) is 0 Å². The lowest BCUT2D eigenvalue weighted by atomic mass is 10.1. The monoisotopic (exact) mass is 329 g/mol. The maximum atomic E-state index is 12.0. The molecule has 2 N–H and O–H groups in total. The minimum absolute atomic E-state index is 0.0106. The summed E-state index contributed by atoms with van der Waals surface area (Å²) in [6, 6.07) is 3.20. The van der Waals surface area contributed by atoms with Gasteiger partial charge in [-0.1, -0.05) is 0 Å². The van der Waals surface area contributed by atoms with Crippen molar-refractivity contribution < 1.29 is 17.6 Å². The number of urea groups is 1. The minimum atomic E-state index is -3.14. The molecule has 1 aromatic heterocycles. The number of carbonyl (C=O) groups is 1. The topological polar surface area (TPSA) is 91.7 Å². The van der Waals surface area contributed by atoms with Crippen LogP contribution in [0.5, 0.6) is 0 Å². The third-order valence-electron chi connectivity index (χ3n) is 3.79. The van der Waals surface area contributed by atoms with Crippen LogP contribution in [0.4, 0.5) is 4.79 Å². The number of hydrogen-bond donors (Lipinski definition) is 2. The zero-order valence-corrected chi connectivity index (χ0v) is 13.9. The molecule has 0 radical (unpaired) electrons. The van der Waals surface area contributed by atoms with E-state index in [2.05, 4.69) is 10.6 Å². The summed E-state index contributed by atoms with van der Waals surface area (Å²) in [5.74, 6) is 1.51. The Morgan fingerprint density at radius 3 is 2.50 bits per heavy atom. The molecule has 1 fully saturated rings. The average molecular weight is 329 g/mol. The third kappa shape index (κ3) is 4.48. The lowest BCUT2D eigenvalue weighted by molar-refractivity contribution is 0.223. The standard InChI is InChI=1S/C14H23N3O4S/c1-10-4-5-13(21-10)11(2)15-14(18)16-12-6-8-17(9-7-12)22(3,19)20/h4-5,11-12H,6-9H2,1-3H3,(H2,15,16,18). The molecule has 1 unspecified atom stereocenters. The molecule has 0 saturated carbocycles. The molecule has 0 aromatic carbocycles. The summed E-state index contributed by atoms with van der Waals surface area (Å²) in [6.07, 6.45) is 2.45. The molecule has 22 heavy (non-hydrogen) atoms. The quantitative estimate of drug-likeness (QED) is 0.873. The van der Waals surface area contributed by atoms with Crippen LogP contribution in [0.3, 0.4) is 0 Å². The number of carbonyl (C=O) groups excluding carboxylic acids is 1. The summed E-state index contributed by atoms with van der Waals surface area (Å²) in [7, 11) is -3.14. The highest BCUT2D eigenvalue weighted by Gasteiger charge is 2.26. The van der Waals surface area contributed by atoms with Gasteiger partial charge in [-0.15, -0.1) is 0 Å². The van der Waals surface area contributed by atoms with Crippen LogP contribution in [0.15, 0.2) is 16.5 Å². The zero-order valence-electron chi connectivity index (χ0n) is 13.1. The summed E-state index contributed by atoms with van der Waals surface area (Å²) < 4.78 is 29.8. The smallest absolute Gasteiger partial charge is 0.315 e. The average Bonchev–Trinajstić information content (AvgIpc) is 2.85. The second-order valence-electron chi connectivity index (χ2n) is 5.72. The summed E-state index contributed by atoms with van der Waals surface area (Å²) >= 11 is 0. The second kappa shape index (κ2) is 6.70. The van der Waals surface area contributed by atoms with Crippen LogP contribution in [0, 0.1) is 6.92 Å². The molecule has 7 nitrogen and oxygen atoms in total. The molecule has 1 aromatic rings. The maximum absolute atomic E-state index is 12.0. The molecule has 2 rings (SSSR count). The normalized spacial score (nSPS) is 18.9. The number of rotatable bonds is 4. The van der Waals surface area contributed by atoms with Gasteiger partial charge in [-0.25, -0.2) is 17.5 Å². The van der Waals surface area contributed by atoms with Crippen molar-refractivity contribution in [1.82, 2.24) is 14.9 Å². The lowest BCUT2D eigenvalue weighted by Gasteiger charge is -2.30. The van der Waals surface area contributed by atoms with E-state index >= 15 is 0 Å². The number of sulfonamides is 1. The highest BCUT2D eigenvalue weighted by Crippen LogP contribution is 2.16. The van der Waals surface area contributed by atoms with Crippen LogP contribution in [0.25, 0.3) is 0 Å². The van der Waals surface area contributed by atoms with Crippen LogP contribution < -0.4 is 10.6 Å². The summed E-state index contributed by atoms with van der Waals surface area (Å²) in [5.41, 5.74) is 0. The van der Waals surface area contributed by atoms with Gasteiger partial charge in [0.25, 0.3) is 0 Å². The first kappa shape index (κ1) is 16.8. The summed E-state index contributed by atoms with van der Waals surface area (Å²) in [5, 5.41) is 5.71. The second-order valence-corrected chi connectivity index (χ2v) is 7.71. The molecular formula is C14H23N3O4S. The molecule has 0 spiro atoms. The largest absolute Gasteiger partial charge is 0.464 e. The summed E-state index contributed by atoms with van der Waals surface area (Å²) in [6.45, 7) is 4.59. The number of nitrogens with zero attached hydrogens (tertiary/aromatic N) is 1. The molecular weight excluding hydrogens is 306 g/mol. The fraction of sp³-hybridized carbons (Fsp3) is 0.643. The predicted octanol–water partition coefficient (Wildman–Crippen LogP) is 1.37. The van der Waals surface area contributed by atoms with E-state index in [-0.39, 0.29) is 18.1 Å². The van der Waals surface area contributed by atoms with Crippen molar-refractivity contribution in [3.63, 3.8) is 0 Å². The van der Waals surface area contributed by atoms with Crippen molar-refractivity contribution >= 4 is 16.1 Å². The zero-order chi connectivity index (χ0) is 16.3. The van der Waals surface area contributed by atoms with E-state index in [1.54, 1.807) is 0 Å². The number of hydrogen-bond acceptors (Lipinski definition) is 4. The first-order valence-corrected chi connectivity index (χ1v) is 9.19. The number of aryl methyl sites for hydroxylation is 1. The molecule has 2 amide bonds. The van der Waals surface area contributed by atoms with Crippen LogP contribution >= 0.6 is 0 Å². The van der Waals surface area contributed by atoms with Crippen molar-refractivity contribution in [3.8, 4) is 0 Å². The minimum Gasteiger partial charge on any atom is -0.464 e. The first-order chi connectivity index (χ1) is 10.3. The van der Waals surface area contributed by atoms with Crippen molar-refractivity contribution in [2.45, 2.75) is 38.8 Å². The van der Waals surface area contributed by atoms with Crippen molar-refractivity contribution in [2.24, 2.45) is 0 Å². The third-order valence-corrected chi connectivity index (χ3v) is 5.10. The SMILES string of the molecule is Cc1ccc(C(C)NC(=O)NC2CCN(S(C)(=O)=O)CC2)o1. The van der Waals surface area contributed by atoms with Crippen LogP contribution in [0.2, 0.25) is 0 Å². The van der Waals surface area contributed by atoms with Gasteiger partial charge in [0, 0.05) is 19.1 Å². The Balaban J connectivity index is 1.79. The highest BCUT2D eigenvalue weighted by molar-refractivity contribution is 7.88. The van der Waals surface area contributed by atoms with Crippen molar-refractivity contribution in [1.29, 1.82) is 0 Å². The van der Waals surface area contributed by atoms with E-state index in [0.717, 1.165) is 5.76 Å². The number of furan rings is 1. The fourth-order valence-corrected chi connectivity index (χ4v) is 3.39. The first-order valence-electron chi connectivity index (χ1n) is 7.34. The fourth-order valence-electron chi connectivity index (χ4n) is 2.51.